The molecule has 3 nitrogen and oxygen atoms in total. The lowest BCUT2D eigenvalue weighted by molar-refractivity contribution is -0.368. The van der Waals surface area contributed by atoms with Crippen molar-refractivity contribution in [3.8, 4) is 0 Å². The second-order valence-corrected chi connectivity index (χ2v) is 3.53. The lowest BCUT2D eigenvalue weighted by Crippen LogP contribution is -2.17. The number of rotatable bonds is 7. The molecule has 0 aromatic rings. The van der Waals surface area contributed by atoms with Crippen LogP contribution in [0.4, 0.5) is 0 Å². The first-order valence-corrected chi connectivity index (χ1v) is 4.83. The topological polar surface area (TPSA) is 27.7 Å². The summed E-state index contributed by atoms with van der Waals surface area (Å²) in [6.45, 7) is 10.6. The van der Waals surface area contributed by atoms with Gasteiger partial charge in [0.1, 0.15) is 6.10 Å². The van der Waals surface area contributed by atoms with E-state index >= 15 is 0 Å². The highest BCUT2D eigenvalue weighted by molar-refractivity contribution is 4.63. The SMILES string of the molecule is CC[C](C)OOC(C)OCC(C)C. The van der Waals surface area contributed by atoms with E-state index in [1.54, 1.807) is 0 Å². The van der Waals surface area contributed by atoms with Gasteiger partial charge in [0, 0.05) is 0 Å². The summed E-state index contributed by atoms with van der Waals surface area (Å²) >= 11 is 0. The standard InChI is InChI=1S/C10H21O3/c1-6-9(4)12-13-10(5)11-7-8(2)3/h8,10H,6-7H2,1-5H3. The Balaban J connectivity index is 3.34. The van der Waals surface area contributed by atoms with Gasteiger partial charge in [0.25, 0.3) is 0 Å². The second kappa shape index (κ2) is 7.30. The first-order chi connectivity index (χ1) is 6.06. The maximum Gasteiger partial charge on any atom is 0.188 e. The molecule has 0 aromatic heterocycles. The van der Waals surface area contributed by atoms with Crippen molar-refractivity contribution in [2.24, 2.45) is 5.92 Å². The van der Waals surface area contributed by atoms with Gasteiger partial charge >= 0.3 is 0 Å². The monoisotopic (exact) mass is 189 g/mol. The molecule has 0 saturated carbocycles. The molecular formula is C10H21O3. The third kappa shape index (κ3) is 8.22. The van der Waals surface area contributed by atoms with Crippen molar-refractivity contribution in [3.63, 3.8) is 0 Å². The molecule has 3 heteroatoms. The average Bonchev–Trinajstić information content (AvgIpc) is 2.10. The van der Waals surface area contributed by atoms with E-state index in [-0.39, 0.29) is 6.29 Å². The molecule has 1 radical (unpaired) electrons. The third-order valence-corrected chi connectivity index (χ3v) is 1.49. The molecule has 13 heavy (non-hydrogen) atoms. The average molecular weight is 189 g/mol. The van der Waals surface area contributed by atoms with Crippen LogP contribution >= 0.6 is 0 Å². The van der Waals surface area contributed by atoms with Crippen LogP contribution in [0, 0.1) is 12.0 Å². The van der Waals surface area contributed by atoms with E-state index in [1.807, 2.05) is 20.8 Å². The maximum atomic E-state index is 5.34. The predicted molar refractivity (Wildman–Crippen MR) is 51.6 cm³/mol. The molecule has 79 valence electrons. The van der Waals surface area contributed by atoms with Crippen LogP contribution in [0.15, 0.2) is 0 Å². The summed E-state index contributed by atoms with van der Waals surface area (Å²) in [5, 5.41) is 0. The van der Waals surface area contributed by atoms with Crippen LogP contribution in [-0.4, -0.2) is 12.9 Å². The van der Waals surface area contributed by atoms with Gasteiger partial charge in [-0.25, -0.2) is 9.78 Å². The van der Waals surface area contributed by atoms with E-state index in [1.165, 1.54) is 0 Å². The lowest BCUT2D eigenvalue weighted by atomic mass is 10.2. The zero-order chi connectivity index (χ0) is 10.3. The molecule has 1 atom stereocenters. The Hall–Kier alpha value is -0.120. The molecule has 0 heterocycles. The minimum absolute atomic E-state index is 0.302. The zero-order valence-corrected chi connectivity index (χ0v) is 9.29. The van der Waals surface area contributed by atoms with Gasteiger partial charge in [0.2, 0.25) is 0 Å². The first-order valence-electron chi connectivity index (χ1n) is 4.83. The Morgan fingerprint density at radius 1 is 1.23 bits per heavy atom. The van der Waals surface area contributed by atoms with E-state index in [2.05, 4.69) is 13.8 Å². The van der Waals surface area contributed by atoms with Crippen LogP contribution in [-0.2, 0) is 14.5 Å². The summed E-state index contributed by atoms with van der Waals surface area (Å²) in [6, 6.07) is 0. The first kappa shape index (κ1) is 12.9. The molecule has 0 aliphatic heterocycles. The molecule has 0 aliphatic rings. The van der Waals surface area contributed by atoms with Gasteiger partial charge in [-0.2, -0.15) is 0 Å². The van der Waals surface area contributed by atoms with E-state index in [0.29, 0.717) is 12.5 Å². The highest BCUT2D eigenvalue weighted by atomic mass is 17.2. The molecule has 0 amide bonds. The van der Waals surface area contributed by atoms with Crippen molar-refractivity contribution in [2.45, 2.75) is 47.3 Å². The molecule has 0 bridgehead atoms. The Morgan fingerprint density at radius 2 is 1.85 bits per heavy atom. The molecule has 0 aliphatic carbocycles. The van der Waals surface area contributed by atoms with Gasteiger partial charge in [-0.1, -0.05) is 20.8 Å². The predicted octanol–water partition coefficient (Wildman–Crippen LogP) is 2.92. The normalized spacial score (nSPS) is 14.1. The summed E-state index contributed by atoms with van der Waals surface area (Å²) in [4.78, 5) is 9.96. The lowest BCUT2D eigenvalue weighted by Gasteiger charge is -2.16. The highest BCUT2D eigenvalue weighted by Crippen LogP contribution is 2.08. The molecular weight excluding hydrogens is 168 g/mol. The second-order valence-electron chi connectivity index (χ2n) is 3.53. The Kier molecular flexibility index (Phi) is 7.23. The fourth-order valence-corrected chi connectivity index (χ4v) is 0.565. The number of ether oxygens (including phenoxy) is 1. The molecule has 0 saturated heterocycles. The molecule has 0 aromatic carbocycles. The molecule has 0 N–H and O–H groups in total. The largest absolute Gasteiger partial charge is 0.350 e. The summed E-state index contributed by atoms with van der Waals surface area (Å²) in [6.07, 6.45) is 1.42. The van der Waals surface area contributed by atoms with Gasteiger partial charge < -0.3 is 4.74 Å². The fraction of sp³-hybridized carbons (Fsp3) is 0.900. The zero-order valence-electron chi connectivity index (χ0n) is 9.29. The minimum atomic E-state index is -0.302. The Bertz CT molecular complexity index is 115. The van der Waals surface area contributed by atoms with Crippen molar-refractivity contribution in [2.75, 3.05) is 6.61 Å². The van der Waals surface area contributed by atoms with Gasteiger partial charge in [0.05, 0.1) is 6.61 Å². The van der Waals surface area contributed by atoms with Crippen molar-refractivity contribution < 1.29 is 14.5 Å². The molecule has 0 rings (SSSR count). The minimum Gasteiger partial charge on any atom is -0.350 e. The van der Waals surface area contributed by atoms with Crippen molar-refractivity contribution in [1.29, 1.82) is 0 Å². The third-order valence-electron chi connectivity index (χ3n) is 1.49. The van der Waals surface area contributed by atoms with Gasteiger partial charge in [-0.05, 0) is 26.2 Å². The van der Waals surface area contributed by atoms with E-state index < -0.39 is 0 Å². The number of hydrogen-bond donors (Lipinski definition) is 0. The van der Waals surface area contributed by atoms with Crippen LogP contribution in [0.5, 0.6) is 0 Å². The highest BCUT2D eigenvalue weighted by Gasteiger charge is 2.07. The van der Waals surface area contributed by atoms with Crippen molar-refractivity contribution in [1.82, 2.24) is 0 Å². The molecule has 0 fully saturated rings. The van der Waals surface area contributed by atoms with E-state index in [9.17, 15) is 0 Å². The summed E-state index contributed by atoms with van der Waals surface area (Å²) in [7, 11) is 0. The van der Waals surface area contributed by atoms with E-state index in [4.69, 9.17) is 14.5 Å². The smallest absolute Gasteiger partial charge is 0.188 e. The van der Waals surface area contributed by atoms with Gasteiger partial charge in [-0.3, -0.25) is 0 Å². The maximum absolute atomic E-state index is 5.34. The summed E-state index contributed by atoms with van der Waals surface area (Å²) in [5.41, 5.74) is 0. The quantitative estimate of drug-likeness (QED) is 0.350. The van der Waals surface area contributed by atoms with Gasteiger partial charge in [-0.15, -0.1) is 0 Å². The Labute approximate surface area is 81.3 Å². The molecule has 1 unspecified atom stereocenters. The molecule has 0 spiro atoms. The van der Waals surface area contributed by atoms with Crippen molar-refractivity contribution in [3.05, 3.63) is 6.10 Å². The van der Waals surface area contributed by atoms with E-state index in [0.717, 1.165) is 12.5 Å². The summed E-state index contributed by atoms with van der Waals surface area (Å²) in [5.74, 6) is 0.516. The fourth-order valence-electron chi connectivity index (χ4n) is 0.565. The van der Waals surface area contributed by atoms with Crippen molar-refractivity contribution >= 4 is 0 Å². The van der Waals surface area contributed by atoms with Crippen LogP contribution in [0.25, 0.3) is 0 Å². The van der Waals surface area contributed by atoms with Gasteiger partial charge in [0.15, 0.2) is 6.29 Å². The Morgan fingerprint density at radius 3 is 2.31 bits per heavy atom. The van der Waals surface area contributed by atoms with Crippen LogP contribution in [0.2, 0.25) is 0 Å². The van der Waals surface area contributed by atoms with Crippen LogP contribution < -0.4 is 0 Å². The van der Waals surface area contributed by atoms with Crippen LogP contribution in [0.3, 0.4) is 0 Å². The van der Waals surface area contributed by atoms with Crippen LogP contribution in [0.1, 0.15) is 41.0 Å². The summed E-state index contributed by atoms with van der Waals surface area (Å²) < 4.78 is 5.34. The number of hydrogen-bond acceptors (Lipinski definition) is 3.